The summed E-state index contributed by atoms with van der Waals surface area (Å²) in [6.07, 6.45) is 0. The highest BCUT2D eigenvalue weighted by molar-refractivity contribution is 7.02. The molecule has 11 aromatic rings. The van der Waals surface area contributed by atoms with Gasteiger partial charge in [0, 0.05) is 61.2 Å². The molecule has 406 valence electrons. The van der Waals surface area contributed by atoms with Gasteiger partial charge >= 0.3 is 0 Å². The number of aromatic nitrogens is 2. The zero-order chi connectivity index (χ0) is 57.3. The first-order chi connectivity index (χ1) is 38.9. The zero-order valence-corrected chi connectivity index (χ0v) is 51.4. The van der Waals surface area contributed by atoms with E-state index in [4.69, 9.17) is 0 Å². The van der Waals surface area contributed by atoms with Gasteiger partial charge in [-0.15, -0.1) is 0 Å². The Morgan fingerprint density at radius 3 is 1.32 bits per heavy atom. The SMILES string of the molecule is Cc1cc(C(C)C)cc(C)c1N1c2cc3c(cc2B2c4c1cccc4-n1c4ccc(C(C)(C)C)cc4c4cc(C(C)(C)C)cc2c41)N(c1c(C)cc(C(C)C)cc1C)c1ccc2c4cc(C(C)(C)C)ccc4n4c2c1B3c1ccccc1-4. The smallest absolute Gasteiger partial charge is 0.252 e. The van der Waals surface area contributed by atoms with E-state index in [2.05, 4.69) is 276 Å². The topological polar surface area (TPSA) is 16.3 Å². The lowest BCUT2D eigenvalue weighted by Gasteiger charge is -2.45. The maximum atomic E-state index is 2.72. The Morgan fingerprint density at radius 1 is 0.341 bits per heavy atom. The van der Waals surface area contributed by atoms with E-state index in [1.54, 1.807) is 0 Å². The van der Waals surface area contributed by atoms with Gasteiger partial charge in [-0.3, -0.25) is 0 Å². The summed E-state index contributed by atoms with van der Waals surface area (Å²) in [5, 5.41) is 5.31. The van der Waals surface area contributed by atoms with Crippen LogP contribution in [0, 0.1) is 27.7 Å². The number of aryl methyl sites for hydroxylation is 4. The second-order valence-corrected chi connectivity index (χ2v) is 28.8. The Hall–Kier alpha value is -7.69. The van der Waals surface area contributed by atoms with Crippen LogP contribution in [0.2, 0.25) is 0 Å². The van der Waals surface area contributed by atoms with Crippen LogP contribution in [0.15, 0.2) is 140 Å². The summed E-state index contributed by atoms with van der Waals surface area (Å²) in [7, 11) is 0. The minimum absolute atomic E-state index is 0.00352. The van der Waals surface area contributed by atoms with Gasteiger partial charge in [0.15, 0.2) is 0 Å². The lowest BCUT2D eigenvalue weighted by molar-refractivity contribution is 0.590. The highest BCUT2D eigenvalue weighted by atomic mass is 15.2. The Bertz CT molecular complexity index is 4610. The lowest BCUT2D eigenvalue weighted by Crippen LogP contribution is -2.63. The van der Waals surface area contributed by atoms with Crippen LogP contribution in [0.4, 0.5) is 34.1 Å². The molecule has 0 spiro atoms. The van der Waals surface area contributed by atoms with Crippen LogP contribution >= 0.6 is 0 Å². The van der Waals surface area contributed by atoms with E-state index in [-0.39, 0.29) is 29.7 Å². The normalized spacial score (nSPS) is 14.3. The van der Waals surface area contributed by atoms with E-state index in [1.165, 1.54) is 172 Å². The summed E-state index contributed by atoms with van der Waals surface area (Å²) in [4.78, 5) is 5.44. The lowest BCUT2D eigenvalue weighted by atomic mass is 9.31. The van der Waals surface area contributed by atoms with Crippen molar-refractivity contribution in [3.63, 3.8) is 0 Å². The third-order valence-electron chi connectivity index (χ3n) is 19.7. The number of fused-ring (bicyclic) bond motifs is 15. The molecule has 2 aromatic heterocycles. The Balaban J connectivity index is 1.12. The van der Waals surface area contributed by atoms with Crippen molar-refractivity contribution in [1.82, 2.24) is 9.13 Å². The van der Waals surface area contributed by atoms with Crippen molar-refractivity contribution < 1.29 is 0 Å². The maximum Gasteiger partial charge on any atom is 0.252 e. The van der Waals surface area contributed by atoms with Crippen LogP contribution in [0.1, 0.15) is 152 Å². The Kier molecular flexibility index (Phi) is 10.6. The summed E-state index contributed by atoms with van der Waals surface area (Å²) >= 11 is 0. The molecule has 0 radical (unpaired) electrons. The molecule has 0 amide bonds. The van der Waals surface area contributed by atoms with Crippen LogP contribution < -0.4 is 42.6 Å². The highest BCUT2D eigenvalue weighted by Crippen LogP contribution is 2.50. The first-order valence-electron chi connectivity index (χ1n) is 30.4. The van der Waals surface area contributed by atoms with Gasteiger partial charge in [-0.25, -0.2) is 0 Å². The minimum Gasteiger partial charge on any atom is -0.311 e. The molecular formula is C76H76B2N4. The number of anilines is 6. The third-order valence-corrected chi connectivity index (χ3v) is 19.7. The number of hydrogen-bond acceptors (Lipinski definition) is 2. The van der Waals surface area contributed by atoms with Crippen molar-refractivity contribution in [1.29, 1.82) is 0 Å². The van der Waals surface area contributed by atoms with Gasteiger partial charge < -0.3 is 18.9 Å². The molecule has 6 heterocycles. The van der Waals surface area contributed by atoms with Gasteiger partial charge in [-0.1, -0.05) is 163 Å². The molecule has 4 nitrogen and oxygen atoms in total. The molecule has 4 aliphatic rings. The van der Waals surface area contributed by atoms with E-state index in [9.17, 15) is 0 Å². The molecule has 15 rings (SSSR count). The molecule has 0 unspecified atom stereocenters. The number of benzene rings is 9. The van der Waals surface area contributed by atoms with Gasteiger partial charge in [0.1, 0.15) is 0 Å². The van der Waals surface area contributed by atoms with Gasteiger partial charge in [-0.2, -0.15) is 0 Å². The van der Waals surface area contributed by atoms with Gasteiger partial charge in [0.05, 0.1) is 27.9 Å². The number of rotatable bonds is 4. The highest BCUT2D eigenvalue weighted by Gasteiger charge is 2.48. The standard InChI is InChI=1S/C76H76B2N4/c1-41(2)47-31-43(5)70(44(6)32-47)81-64-24-20-23-63-68(64)78(59-38-51(76(15,16)17)37-55-54-36-50(75(12,13)14)26-29-61(54)80(63)72(55)59)58-40-66-57(39-67(58)81)77-56-21-18-19-22-62(56)79-60-28-25-49(74(9,10)11)35-53(60)52-27-30-65(69(77)73(52)79)82(66)71-45(7)33-48(42(3)4)34-46(71)8/h18-42H,1-17H3. The first-order valence-corrected chi connectivity index (χ1v) is 30.4. The van der Waals surface area contributed by atoms with Crippen molar-refractivity contribution in [2.45, 2.75) is 146 Å². The van der Waals surface area contributed by atoms with E-state index >= 15 is 0 Å². The molecule has 6 heteroatoms. The summed E-state index contributed by atoms with van der Waals surface area (Å²) in [5.74, 6) is 0.813. The van der Waals surface area contributed by atoms with Gasteiger partial charge in [0.2, 0.25) is 0 Å². The van der Waals surface area contributed by atoms with E-state index in [0.717, 1.165) is 0 Å². The number of nitrogens with zero attached hydrogens (tertiary/aromatic N) is 4. The molecule has 0 bridgehead atoms. The third kappa shape index (κ3) is 6.93. The Labute approximate surface area is 487 Å². The zero-order valence-electron chi connectivity index (χ0n) is 51.4. The molecule has 0 fully saturated rings. The Morgan fingerprint density at radius 2 is 0.793 bits per heavy atom. The van der Waals surface area contributed by atoms with E-state index in [0.29, 0.717) is 11.8 Å². The maximum absolute atomic E-state index is 2.72. The molecule has 82 heavy (non-hydrogen) atoms. The molecule has 0 saturated heterocycles. The van der Waals surface area contributed by atoms with Crippen molar-refractivity contribution >= 4 is 124 Å². The van der Waals surface area contributed by atoms with Crippen molar-refractivity contribution in [3.8, 4) is 11.4 Å². The largest absolute Gasteiger partial charge is 0.311 e. The molecular weight excluding hydrogens is 990 g/mol. The van der Waals surface area contributed by atoms with Gasteiger partial charge in [-0.05, 0) is 205 Å². The average molecular weight is 1070 g/mol. The predicted octanol–water partition coefficient (Wildman–Crippen LogP) is 16.5. The fourth-order valence-electron chi connectivity index (χ4n) is 15.5. The fourth-order valence-corrected chi connectivity index (χ4v) is 15.5. The van der Waals surface area contributed by atoms with Crippen LogP contribution in [0.5, 0.6) is 0 Å². The number of hydrogen-bond donors (Lipinski definition) is 0. The molecule has 4 aliphatic heterocycles. The molecule has 9 aromatic carbocycles. The predicted molar refractivity (Wildman–Crippen MR) is 357 cm³/mol. The second kappa shape index (κ2) is 17.0. The molecule has 0 saturated carbocycles. The second-order valence-electron chi connectivity index (χ2n) is 28.8. The van der Waals surface area contributed by atoms with Crippen LogP contribution in [0.25, 0.3) is 55.0 Å². The molecule has 0 atom stereocenters. The minimum atomic E-state index is -0.0967. The fraction of sp³-hybridized carbons (Fsp3) is 0.289. The van der Waals surface area contributed by atoms with Crippen molar-refractivity contribution in [3.05, 3.63) is 190 Å². The van der Waals surface area contributed by atoms with E-state index < -0.39 is 0 Å². The molecule has 0 N–H and O–H groups in total. The summed E-state index contributed by atoms with van der Waals surface area (Å²) < 4.78 is 5.27. The summed E-state index contributed by atoms with van der Waals surface area (Å²) in [6, 6.07) is 56.5. The van der Waals surface area contributed by atoms with E-state index in [1.807, 2.05) is 0 Å². The van der Waals surface area contributed by atoms with Crippen molar-refractivity contribution in [2.75, 3.05) is 9.80 Å². The van der Waals surface area contributed by atoms with Crippen LogP contribution in [-0.2, 0) is 16.2 Å². The van der Waals surface area contributed by atoms with Crippen LogP contribution in [-0.4, -0.2) is 22.6 Å². The van der Waals surface area contributed by atoms with Gasteiger partial charge in [0.25, 0.3) is 13.4 Å². The quantitative estimate of drug-likeness (QED) is 0.163. The first kappa shape index (κ1) is 51.2. The molecule has 0 aliphatic carbocycles. The average Bonchev–Trinajstić information content (AvgIpc) is 1.82. The van der Waals surface area contributed by atoms with Crippen LogP contribution in [0.3, 0.4) is 0 Å². The monoisotopic (exact) mass is 1070 g/mol. The summed E-state index contributed by atoms with van der Waals surface area (Å²) in [5.41, 5.74) is 35.5. The van der Waals surface area contributed by atoms with Crippen molar-refractivity contribution in [2.24, 2.45) is 0 Å². The number of para-hydroxylation sites is 1. The summed E-state index contributed by atoms with van der Waals surface area (Å²) in [6.45, 7) is 39.9.